The number of pyridine rings is 2. The zero-order valence-corrected chi connectivity index (χ0v) is 26.8. The largest absolute Gasteiger partial charge is 0.494 e. The SMILES string of the molecule is COc1cc(C(=O)NCC(O)(c2cc3c(c(-c4ccc(F)cc4)n2)OC[C@]3(C)C(=O)NCC(C)(C)O)C(F)(F)F)cc2ccc(C)nc12. The van der Waals surface area contributed by atoms with Crippen molar-refractivity contribution in [3.63, 3.8) is 0 Å². The van der Waals surface area contributed by atoms with E-state index in [1.165, 1.54) is 52.1 Å². The van der Waals surface area contributed by atoms with Gasteiger partial charge in [-0.3, -0.25) is 9.59 Å². The second-order valence-electron chi connectivity index (χ2n) is 12.6. The van der Waals surface area contributed by atoms with Crippen molar-refractivity contribution >= 4 is 22.7 Å². The first-order valence-electron chi connectivity index (χ1n) is 14.8. The Morgan fingerprint density at radius 2 is 1.69 bits per heavy atom. The highest BCUT2D eigenvalue weighted by Crippen LogP contribution is 2.48. The number of hydrogen-bond donors (Lipinski definition) is 4. The molecular weight excluding hydrogens is 636 g/mol. The van der Waals surface area contributed by atoms with E-state index in [0.717, 1.165) is 18.2 Å². The van der Waals surface area contributed by atoms with Crippen LogP contribution in [0.4, 0.5) is 17.6 Å². The van der Waals surface area contributed by atoms with Gasteiger partial charge in [0.1, 0.15) is 40.5 Å². The van der Waals surface area contributed by atoms with Crippen molar-refractivity contribution in [1.29, 1.82) is 0 Å². The monoisotopic (exact) mass is 670 g/mol. The highest BCUT2D eigenvalue weighted by Gasteiger charge is 2.58. The number of amides is 2. The number of nitrogens with zero attached hydrogens (tertiary/aromatic N) is 2. The average Bonchev–Trinajstić information content (AvgIpc) is 3.38. The third kappa shape index (κ3) is 6.49. The minimum Gasteiger partial charge on any atom is -0.494 e. The lowest BCUT2D eigenvalue weighted by atomic mass is 9.81. The minimum atomic E-state index is -5.39. The molecule has 0 fully saturated rings. The van der Waals surface area contributed by atoms with E-state index in [9.17, 15) is 37.4 Å². The van der Waals surface area contributed by atoms with Gasteiger partial charge in [-0.2, -0.15) is 13.2 Å². The van der Waals surface area contributed by atoms with Crippen LogP contribution < -0.4 is 20.1 Å². The van der Waals surface area contributed by atoms with Gasteiger partial charge in [0.25, 0.3) is 5.91 Å². The number of rotatable bonds is 9. The fourth-order valence-corrected chi connectivity index (χ4v) is 5.31. The molecule has 2 aromatic heterocycles. The fourth-order valence-electron chi connectivity index (χ4n) is 5.31. The fraction of sp³-hybridized carbons (Fsp3) is 0.353. The maximum Gasteiger partial charge on any atom is 0.424 e. The van der Waals surface area contributed by atoms with E-state index in [-0.39, 0.29) is 47.0 Å². The van der Waals surface area contributed by atoms with Crippen molar-refractivity contribution in [3.8, 4) is 22.8 Å². The van der Waals surface area contributed by atoms with E-state index in [4.69, 9.17) is 9.47 Å². The van der Waals surface area contributed by atoms with Crippen molar-refractivity contribution in [3.05, 3.63) is 82.9 Å². The molecule has 4 N–H and O–H groups in total. The summed E-state index contributed by atoms with van der Waals surface area (Å²) in [7, 11) is 1.36. The summed E-state index contributed by atoms with van der Waals surface area (Å²) in [6.07, 6.45) is -5.39. The van der Waals surface area contributed by atoms with E-state index >= 15 is 0 Å². The molecule has 1 aliphatic heterocycles. The summed E-state index contributed by atoms with van der Waals surface area (Å²) < 4.78 is 69.7. The number of halogens is 4. The van der Waals surface area contributed by atoms with Gasteiger partial charge in [-0.05, 0) is 76.2 Å². The first-order valence-corrected chi connectivity index (χ1v) is 14.8. The molecule has 14 heteroatoms. The Bertz CT molecular complexity index is 1890. The van der Waals surface area contributed by atoms with Gasteiger partial charge in [-0.1, -0.05) is 6.07 Å². The van der Waals surface area contributed by atoms with Crippen LogP contribution in [0, 0.1) is 12.7 Å². The van der Waals surface area contributed by atoms with Crippen LogP contribution >= 0.6 is 0 Å². The molecule has 2 atom stereocenters. The summed E-state index contributed by atoms with van der Waals surface area (Å²) in [4.78, 5) is 35.2. The number of carbonyl (C=O) groups excluding carboxylic acids is 2. The van der Waals surface area contributed by atoms with E-state index in [1.54, 1.807) is 19.1 Å². The number of aliphatic hydroxyl groups is 2. The third-order valence-electron chi connectivity index (χ3n) is 8.15. The predicted molar refractivity (Wildman–Crippen MR) is 167 cm³/mol. The molecule has 0 saturated carbocycles. The van der Waals surface area contributed by atoms with Crippen LogP contribution in [0.3, 0.4) is 0 Å². The molecular formula is C34H34F4N4O6. The topological polar surface area (TPSA) is 143 Å². The summed E-state index contributed by atoms with van der Waals surface area (Å²) in [5.74, 6) is -2.04. The number of aromatic nitrogens is 2. The van der Waals surface area contributed by atoms with Gasteiger partial charge in [0, 0.05) is 34.3 Å². The Kier molecular flexibility index (Phi) is 8.86. The quantitative estimate of drug-likeness (QED) is 0.191. The molecule has 0 spiro atoms. The normalized spacial score (nSPS) is 17.3. The number of benzene rings is 2. The van der Waals surface area contributed by atoms with Crippen LogP contribution in [0.1, 0.15) is 48.1 Å². The predicted octanol–water partition coefficient (Wildman–Crippen LogP) is 4.47. The number of alkyl halides is 3. The summed E-state index contributed by atoms with van der Waals surface area (Å²) in [6, 6.07) is 11.8. The first kappa shape index (κ1) is 34.5. The number of fused-ring (bicyclic) bond motifs is 2. The molecule has 2 amide bonds. The molecule has 4 aromatic rings. The standard InChI is InChI=1S/C34H34F4N4O6/c1-18-6-7-20-12-21(13-24(47-5)26(20)41-18)29(43)39-16-33(46,34(36,37)38)25-14-23-28(27(42-25)19-8-10-22(35)11-9-19)48-17-32(23,4)30(44)40-15-31(2,3)45/h6-14,45-46H,15-17H2,1-5H3,(H,39,43)(H,40,44)/t32-,33?/m0/s1. The zero-order chi connectivity index (χ0) is 35.2. The average molecular weight is 671 g/mol. The van der Waals surface area contributed by atoms with Crippen LogP contribution in [0.15, 0.2) is 54.6 Å². The number of ether oxygens (including phenoxy) is 2. The first-order chi connectivity index (χ1) is 22.4. The van der Waals surface area contributed by atoms with Crippen molar-refractivity contribution in [2.24, 2.45) is 0 Å². The zero-order valence-electron chi connectivity index (χ0n) is 26.8. The van der Waals surface area contributed by atoms with Crippen LogP contribution in [-0.4, -0.2) is 70.6 Å². The smallest absolute Gasteiger partial charge is 0.424 e. The van der Waals surface area contributed by atoms with Gasteiger partial charge in [-0.15, -0.1) is 0 Å². The second-order valence-corrected chi connectivity index (χ2v) is 12.6. The highest BCUT2D eigenvalue weighted by atomic mass is 19.4. The maximum absolute atomic E-state index is 14.9. The molecule has 5 rings (SSSR count). The molecule has 1 aliphatic rings. The van der Waals surface area contributed by atoms with Crippen molar-refractivity contribution < 1.29 is 46.8 Å². The molecule has 10 nitrogen and oxygen atoms in total. The Hall–Kier alpha value is -4.82. The van der Waals surface area contributed by atoms with Crippen LogP contribution in [0.25, 0.3) is 22.2 Å². The van der Waals surface area contributed by atoms with Crippen LogP contribution in [0.2, 0.25) is 0 Å². The lowest BCUT2D eigenvalue weighted by Crippen LogP contribution is -2.52. The van der Waals surface area contributed by atoms with Gasteiger partial charge in [0.15, 0.2) is 0 Å². The molecule has 3 heterocycles. The van der Waals surface area contributed by atoms with Gasteiger partial charge >= 0.3 is 6.18 Å². The Balaban J connectivity index is 1.58. The van der Waals surface area contributed by atoms with E-state index in [2.05, 4.69) is 20.6 Å². The molecule has 48 heavy (non-hydrogen) atoms. The van der Waals surface area contributed by atoms with Gasteiger partial charge in [0.05, 0.1) is 24.9 Å². The van der Waals surface area contributed by atoms with Crippen molar-refractivity contribution in [2.75, 3.05) is 26.8 Å². The van der Waals surface area contributed by atoms with Crippen molar-refractivity contribution in [1.82, 2.24) is 20.6 Å². The Morgan fingerprint density at radius 1 is 1.00 bits per heavy atom. The number of aryl methyl sites for hydroxylation is 1. The molecule has 0 saturated heterocycles. The van der Waals surface area contributed by atoms with Gasteiger partial charge in [0.2, 0.25) is 11.5 Å². The minimum absolute atomic E-state index is 0.0314. The summed E-state index contributed by atoms with van der Waals surface area (Å²) in [5, 5.41) is 26.8. The maximum atomic E-state index is 14.9. The third-order valence-corrected chi connectivity index (χ3v) is 8.15. The van der Waals surface area contributed by atoms with E-state index < -0.39 is 52.7 Å². The molecule has 2 aromatic carbocycles. The molecule has 0 bridgehead atoms. The Morgan fingerprint density at radius 3 is 2.31 bits per heavy atom. The molecule has 0 radical (unpaired) electrons. The van der Waals surface area contributed by atoms with Gasteiger partial charge in [-0.25, -0.2) is 14.4 Å². The molecule has 0 aliphatic carbocycles. The lowest BCUT2D eigenvalue weighted by Gasteiger charge is -2.32. The van der Waals surface area contributed by atoms with Crippen LogP contribution in [0.5, 0.6) is 11.5 Å². The van der Waals surface area contributed by atoms with Gasteiger partial charge < -0.3 is 30.3 Å². The number of hydrogen-bond acceptors (Lipinski definition) is 8. The Labute approximate surface area is 273 Å². The second kappa shape index (κ2) is 12.3. The summed E-state index contributed by atoms with van der Waals surface area (Å²) in [5.41, 5.74) is -6.56. The lowest BCUT2D eigenvalue weighted by molar-refractivity contribution is -0.265. The van der Waals surface area contributed by atoms with Crippen molar-refractivity contribution in [2.45, 2.75) is 50.5 Å². The summed E-state index contributed by atoms with van der Waals surface area (Å²) >= 11 is 0. The number of nitrogens with one attached hydrogen (secondary N) is 2. The number of carbonyl (C=O) groups is 2. The van der Waals surface area contributed by atoms with Crippen LogP contribution in [-0.2, 0) is 15.8 Å². The number of methoxy groups -OCH3 is 1. The molecule has 254 valence electrons. The van der Waals surface area contributed by atoms with E-state index in [0.29, 0.717) is 16.6 Å². The molecule has 1 unspecified atom stereocenters. The highest BCUT2D eigenvalue weighted by molar-refractivity contribution is 6.00. The van der Waals surface area contributed by atoms with E-state index in [1.807, 2.05) is 0 Å². The summed E-state index contributed by atoms with van der Waals surface area (Å²) in [6.45, 7) is 4.29.